The van der Waals surface area contributed by atoms with Gasteiger partial charge >= 0.3 is 0 Å². The first-order valence-electron chi connectivity index (χ1n) is 13.0. The summed E-state index contributed by atoms with van der Waals surface area (Å²) >= 11 is 0. The van der Waals surface area contributed by atoms with Crippen molar-refractivity contribution in [2.24, 2.45) is 0 Å². The second kappa shape index (κ2) is 8.95. The quantitative estimate of drug-likeness (QED) is 0.259. The number of hydrogen-bond donors (Lipinski definition) is 3. The van der Waals surface area contributed by atoms with Crippen LogP contribution in [0.2, 0.25) is 0 Å². The molecule has 2 aliphatic heterocycles. The summed E-state index contributed by atoms with van der Waals surface area (Å²) in [5, 5.41) is 27.2. The van der Waals surface area contributed by atoms with Crippen molar-refractivity contribution in [2.45, 2.75) is 44.2 Å². The van der Waals surface area contributed by atoms with Gasteiger partial charge in [0.05, 0.1) is 11.1 Å². The van der Waals surface area contributed by atoms with E-state index in [1.54, 1.807) is 36.4 Å². The van der Waals surface area contributed by atoms with Gasteiger partial charge in [0.15, 0.2) is 0 Å². The molecule has 0 fully saturated rings. The highest BCUT2D eigenvalue weighted by molar-refractivity contribution is 5.98. The number of phenolic OH excluding ortho intramolecular Hbond substituents is 1. The Morgan fingerprint density at radius 2 is 1.64 bits per heavy atom. The summed E-state index contributed by atoms with van der Waals surface area (Å²) in [4.78, 5) is 0. The Hall–Kier alpha value is -4.16. The van der Waals surface area contributed by atoms with Gasteiger partial charge in [-0.3, -0.25) is 0 Å². The normalized spacial score (nSPS) is 21.8. The predicted molar refractivity (Wildman–Crippen MR) is 150 cm³/mol. The fraction of sp³-hybridized carbons (Fsp3) is 0.212. The van der Waals surface area contributed by atoms with E-state index < -0.39 is 17.1 Å². The zero-order valence-corrected chi connectivity index (χ0v) is 21.9. The summed E-state index contributed by atoms with van der Waals surface area (Å²) in [7, 11) is 0. The first-order chi connectivity index (χ1) is 18.6. The molecular weight excluding hydrogens is 496 g/mol. The number of ether oxygens (including phenoxy) is 1. The third-order valence-corrected chi connectivity index (χ3v) is 8.16. The smallest absolute Gasteiger partial charge is 0.136 e. The molecule has 39 heavy (non-hydrogen) atoms. The van der Waals surface area contributed by atoms with Gasteiger partial charge < -0.3 is 20.3 Å². The molecule has 6 rings (SSSR count). The van der Waals surface area contributed by atoms with Crippen molar-refractivity contribution in [3.63, 3.8) is 0 Å². The van der Waals surface area contributed by atoms with E-state index in [-0.39, 0.29) is 23.8 Å². The van der Waals surface area contributed by atoms with Crippen LogP contribution in [0.3, 0.4) is 0 Å². The number of aliphatic hydroxyl groups is 1. The third kappa shape index (κ3) is 4.07. The Kier molecular flexibility index (Phi) is 5.77. The number of nitrogens with one attached hydrogen (secondary N) is 1. The van der Waals surface area contributed by atoms with E-state index in [1.165, 1.54) is 24.3 Å². The van der Waals surface area contributed by atoms with Gasteiger partial charge in [0.25, 0.3) is 0 Å². The molecule has 3 N–H and O–H groups in total. The van der Waals surface area contributed by atoms with Crippen molar-refractivity contribution in [2.75, 3.05) is 5.32 Å². The van der Waals surface area contributed by atoms with Crippen LogP contribution < -0.4 is 10.1 Å². The van der Waals surface area contributed by atoms with Crippen LogP contribution >= 0.6 is 0 Å². The monoisotopic (exact) mass is 525 g/mol. The molecule has 2 heterocycles. The number of anilines is 1. The lowest BCUT2D eigenvalue weighted by molar-refractivity contribution is -0.0374. The van der Waals surface area contributed by atoms with Crippen molar-refractivity contribution < 1.29 is 23.7 Å². The third-order valence-electron chi connectivity index (χ3n) is 8.16. The van der Waals surface area contributed by atoms with Crippen LogP contribution in [0.1, 0.15) is 48.9 Å². The maximum atomic E-state index is 14.1. The number of hydrogen-bond acceptors (Lipinski definition) is 4. The highest BCUT2D eigenvalue weighted by atomic mass is 19.1. The Bertz CT molecular complexity index is 1640. The molecule has 6 heteroatoms. The van der Waals surface area contributed by atoms with Crippen LogP contribution in [0, 0.1) is 11.6 Å². The molecule has 0 spiro atoms. The molecule has 0 amide bonds. The standard InChI is InChI=1S/C33H29F2NO3/c1-19-29-25(36-32(2,3)33(19,38)18-21-9-7-11-23(35)15-21)17-26(37)30-24-12-4-5-13-27(24)39-28(31(29)30)16-20-8-6-10-22(34)14-20/h4-17,19,36-38H,18H2,1-3H3/t19?,33-/m1/s1. The van der Waals surface area contributed by atoms with Crippen LogP contribution in [0.5, 0.6) is 11.5 Å². The van der Waals surface area contributed by atoms with E-state index in [0.29, 0.717) is 39.4 Å². The number of rotatable bonds is 3. The van der Waals surface area contributed by atoms with Crippen LogP contribution in [-0.2, 0) is 6.42 Å². The molecule has 1 unspecified atom stereocenters. The van der Waals surface area contributed by atoms with Gasteiger partial charge in [-0.25, -0.2) is 8.78 Å². The van der Waals surface area contributed by atoms with E-state index in [9.17, 15) is 19.0 Å². The summed E-state index contributed by atoms with van der Waals surface area (Å²) in [6.07, 6.45) is 1.94. The number of aromatic hydroxyl groups is 1. The minimum absolute atomic E-state index is 0.0655. The van der Waals surface area contributed by atoms with Crippen molar-refractivity contribution in [1.29, 1.82) is 0 Å². The fourth-order valence-electron chi connectivity index (χ4n) is 6.10. The van der Waals surface area contributed by atoms with Gasteiger partial charge in [0.1, 0.15) is 28.9 Å². The van der Waals surface area contributed by atoms with Gasteiger partial charge in [-0.2, -0.15) is 0 Å². The highest BCUT2D eigenvalue weighted by Crippen LogP contribution is 2.56. The first kappa shape index (κ1) is 25.1. The van der Waals surface area contributed by atoms with Gasteiger partial charge in [0.2, 0.25) is 0 Å². The van der Waals surface area contributed by atoms with E-state index in [2.05, 4.69) is 5.32 Å². The Balaban J connectivity index is 1.61. The van der Waals surface area contributed by atoms with Gasteiger partial charge in [0, 0.05) is 40.8 Å². The van der Waals surface area contributed by atoms with Crippen LogP contribution in [0.25, 0.3) is 23.0 Å². The largest absolute Gasteiger partial charge is 0.507 e. The summed E-state index contributed by atoms with van der Waals surface area (Å²) in [6.45, 7) is 5.74. The zero-order chi connectivity index (χ0) is 27.5. The molecule has 4 aromatic carbocycles. The molecule has 0 aliphatic carbocycles. The van der Waals surface area contributed by atoms with E-state index in [1.807, 2.05) is 45.0 Å². The average molecular weight is 526 g/mol. The van der Waals surface area contributed by atoms with Crippen molar-refractivity contribution in [1.82, 2.24) is 0 Å². The van der Waals surface area contributed by atoms with Crippen LogP contribution in [0.15, 0.2) is 78.9 Å². The molecule has 0 aromatic heterocycles. The van der Waals surface area contributed by atoms with Gasteiger partial charge in [-0.05, 0) is 66.9 Å². The average Bonchev–Trinajstić information content (AvgIpc) is 2.87. The molecule has 0 saturated carbocycles. The Morgan fingerprint density at radius 1 is 0.923 bits per heavy atom. The summed E-state index contributed by atoms with van der Waals surface area (Å²) in [5.41, 5.74) is 2.44. The predicted octanol–water partition coefficient (Wildman–Crippen LogP) is 7.51. The lowest BCUT2D eigenvalue weighted by Gasteiger charge is -2.53. The second-order valence-electron chi connectivity index (χ2n) is 11.0. The van der Waals surface area contributed by atoms with Crippen LogP contribution in [-0.4, -0.2) is 21.4 Å². The van der Waals surface area contributed by atoms with Gasteiger partial charge in [-0.15, -0.1) is 0 Å². The first-order valence-corrected chi connectivity index (χ1v) is 13.0. The maximum Gasteiger partial charge on any atom is 0.136 e. The zero-order valence-electron chi connectivity index (χ0n) is 21.9. The summed E-state index contributed by atoms with van der Waals surface area (Å²) < 4.78 is 34.6. The number of phenols is 1. The Labute approximate surface area is 226 Å². The number of benzene rings is 4. The number of halogens is 2. The van der Waals surface area contributed by atoms with E-state index in [0.717, 1.165) is 11.1 Å². The van der Waals surface area contributed by atoms with Crippen molar-refractivity contribution in [3.05, 3.63) is 113 Å². The number of fused-ring (bicyclic) bond motifs is 5. The minimum Gasteiger partial charge on any atom is -0.507 e. The fourth-order valence-corrected chi connectivity index (χ4v) is 6.10. The van der Waals surface area contributed by atoms with Crippen LogP contribution in [0.4, 0.5) is 14.5 Å². The minimum atomic E-state index is -1.35. The van der Waals surface area contributed by atoms with Crippen molar-refractivity contribution in [3.8, 4) is 22.6 Å². The van der Waals surface area contributed by atoms with Crippen molar-refractivity contribution >= 4 is 17.5 Å². The molecular formula is C33H29F2NO3. The SMILES string of the molecule is CC1c2c(cc(O)c3c2C(=Cc2cccc(F)c2)Oc2ccccc2-3)NC(C)(C)[C@@]1(O)Cc1cccc(F)c1. The summed E-state index contributed by atoms with van der Waals surface area (Å²) in [6, 6.07) is 21.6. The molecule has 2 aliphatic rings. The topological polar surface area (TPSA) is 61.7 Å². The highest BCUT2D eigenvalue weighted by Gasteiger charge is 2.53. The molecule has 0 radical (unpaired) electrons. The van der Waals surface area contributed by atoms with Gasteiger partial charge in [-0.1, -0.05) is 49.4 Å². The Morgan fingerprint density at radius 3 is 2.38 bits per heavy atom. The molecule has 0 saturated heterocycles. The molecule has 4 nitrogen and oxygen atoms in total. The number of para-hydroxylation sites is 1. The second-order valence-corrected chi connectivity index (χ2v) is 11.0. The lowest BCUT2D eigenvalue weighted by atomic mass is 9.64. The van der Waals surface area contributed by atoms with E-state index >= 15 is 0 Å². The summed E-state index contributed by atoms with van der Waals surface area (Å²) in [5.74, 6) is -0.141. The van der Waals surface area contributed by atoms with E-state index in [4.69, 9.17) is 4.74 Å². The molecule has 4 aromatic rings. The molecule has 0 bridgehead atoms. The maximum absolute atomic E-state index is 14.1. The molecule has 198 valence electrons. The lowest BCUT2D eigenvalue weighted by Crippen LogP contribution is -2.62. The molecule has 2 atom stereocenters.